The number of amides is 1. The van der Waals surface area contributed by atoms with E-state index in [2.05, 4.69) is 26.6 Å². The van der Waals surface area contributed by atoms with Gasteiger partial charge in [0.1, 0.15) is 5.60 Å². The van der Waals surface area contributed by atoms with Gasteiger partial charge >= 0.3 is 0 Å². The molecule has 1 heterocycles. The highest BCUT2D eigenvalue weighted by Crippen LogP contribution is 2.22. The van der Waals surface area contributed by atoms with Crippen molar-refractivity contribution in [2.75, 3.05) is 25.0 Å². The van der Waals surface area contributed by atoms with Crippen LogP contribution in [-0.2, 0) is 0 Å². The first-order valence-electron chi connectivity index (χ1n) is 5.26. The standard InChI is InChI=1S/C11H14BrN3O2/c12-7-1-2-9(8(3-7)10(13)16)15-6-11(17)4-14-5-11/h1-3,14-15,17H,4-6H2,(H2,13,16). The van der Waals surface area contributed by atoms with E-state index in [1.807, 2.05) is 6.07 Å². The SMILES string of the molecule is NC(=O)c1cc(Br)ccc1NCC1(O)CNC1. The minimum atomic E-state index is -0.734. The van der Waals surface area contributed by atoms with Crippen molar-refractivity contribution in [3.05, 3.63) is 28.2 Å². The van der Waals surface area contributed by atoms with Crippen molar-refractivity contribution in [2.24, 2.45) is 5.73 Å². The summed E-state index contributed by atoms with van der Waals surface area (Å²) in [6.45, 7) is 1.51. The van der Waals surface area contributed by atoms with Gasteiger partial charge in [-0.2, -0.15) is 0 Å². The van der Waals surface area contributed by atoms with Crippen molar-refractivity contribution in [3.63, 3.8) is 0 Å². The second kappa shape index (κ2) is 4.64. The van der Waals surface area contributed by atoms with Gasteiger partial charge in [-0.15, -0.1) is 0 Å². The zero-order valence-electron chi connectivity index (χ0n) is 9.16. The molecule has 5 N–H and O–H groups in total. The van der Waals surface area contributed by atoms with Crippen LogP contribution in [0.1, 0.15) is 10.4 Å². The molecule has 0 aliphatic carbocycles. The monoisotopic (exact) mass is 299 g/mol. The third-order valence-corrected chi connectivity index (χ3v) is 3.26. The van der Waals surface area contributed by atoms with Gasteiger partial charge in [0.25, 0.3) is 5.91 Å². The molecule has 1 saturated heterocycles. The van der Waals surface area contributed by atoms with Gasteiger partial charge in [0.2, 0.25) is 0 Å². The lowest BCUT2D eigenvalue weighted by atomic mass is 9.97. The molecular formula is C11H14BrN3O2. The van der Waals surface area contributed by atoms with Gasteiger partial charge in [0.15, 0.2) is 0 Å². The molecule has 1 amide bonds. The van der Waals surface area contributed by atoms with Crippen LogP contribution < -0.4 is 16.4 Å². The zero-order chi connectivity index (χ0) is 12.5. The fourth-order valence-electron chi connectivity index (χ4n) is 1.67. The third-order valence-electron chi connectivity index (χ3n) is 2.76. The van der Waals surface area contributed by atoms with Gasteiger partial charge in [-0.1, -0.05) is 15.9 Å². The molecule has 0 aromatic heterocycles. The van der Waals surface area contributed by atoms with Crippen LogP contribution in [0.2, 0.25) is 0 Å². The molecule has 1 aliphatic rings. The van der Waals surface area contributed by atoms with Crippen molar-refractivity contribution < 1.29 is 9.90 Å². The Morgan fingerprint density at radius 2 is 2.29 bits per heavy atom. The van der Waals surface area contributed by atoms with Crippen LogP contribution in [0.3, 0.4) is 0 Å². The average Bonchev–Trinajstić information content (AvgIpc) is 2.24. The molecule has 0 saturated carbocycles. The molecule has 0 radical (unpaired) electrons. The molecule has 92 valence electrons. The molecule has 1 fully saturated rings. The highest BCUT2D eigenvalue weighted by Gasteiger charge is 2.34. The Morgan fingerprint density at radius 1 is 1.59 bits per heavy atom. The molecule has 5 nitrogen and oxygen atoms in total. The summed E-state index contributed by atoms with van der Waals surface area (Å²) in [7, 11) is 0. The van der Waals surface area contributed by atoms with Crippen molar-refractivity contribution in [1.29, 1.82) is 0 Å². The van der Waals surface area contributed by atoms with Crippen LogP contribution in [0.5, 0.6) is 0 Å². The summed E-state index contributed by atoms with van der Waals surface area (Å²) < 4.78 is 0.792. The number of benzene rings is 1. The lowest BCUT2D eigenvalue weighted by Gasteiger charge is -2.38. The second-order valence-electron chi connectivity index (χ2n) is 4.24. The quantitative estimate of drug-likeness (QED) is 0.644. The number of hydrogen-bond donors (Lipinski definition) is 4. The van der Waals surface area contributed by atoms with Crippen molar-refractivity contribution in [1.82, 2.24) is 5.32 Å². The Morgan fingerprint density at radius 3 is 2.82 bits per heavy atom. The number of hydrogen-bond acceptors (Lipinski definition) is 4. The van der Waals surface area contributed by atoms with Gasteiger partial charge in [-0.25, -0.2) is 0 Å². The summed E-state index contributed by atoms with van der Waals surface area (Å²) in [6, 6.07) is 5.24. The number of nitrogens with one attached hydrogen (secondary N) is 2. The van der Waals surface area contributed by atoms with Gasteiger partial charge in [0.05, 0.1) is 5.56 Å². The lowest BCUT2D eigenvalue weighted by molar-refractivity contribution is 0.00311. The van der Waals surface area contributed by atoms with Crippen molar-refractivity contribution >= 4 is 27.5 Å². The first-order chi connectivity index (χ1) is 8.00. The van der Waals surface area contributed by atoms with E-state index in [4.69, 9.17) is 5.73 Å². The molecule has 1 aromatic rings. The number of rotatable bonds is 4. The van der Waals surface area contributed by atoms with E-state index in [0.29, 0.717) is 30.9 Å². The molecule has 0 bridgehead atoms. The topological polar surface area (TPSA) is 87.4 Å². The Labute approximate surface area is 108 Å². The number of carbonyl (C=O) groups excluding carboxylic acids is 1. The number of primary amides is 1. The number of aliphatic hydroxyl groups is 1. The Bertz CT molecular complexity index is 446. The molecule has 17 heavy (non-hydrogen) atoms. The van der Waals surface area contributed by atoms with Crippen LogP contribution in [0, 0.1) is 0 Å². The largest absolute Gasteiger partial charge is 0.385 e. The fourth-order valence-corrected chi connectivity index (χ4v) is 2.03. The maximum Gasteiger partial charge on any atom is 0.250 e. The summed E-state index contributed by atoms with van der Waals surface area (Å²) >= 11 is 3.29. The Kier molecular flexibility index (Phi) is 3.37. The summed E-state index contributed by atoms with van der Waals surface area (Å²) in [6.07, 6.45) is 0. The molecule has 6 heteroatoms. The maximum atomic E-state index is 11.3. The highest BCUT2D eigenvalue weighted by atomic mass is 79.9. The van der Waals surface area contributed by atoms with Crippen LogP contribution >= 0.6 is 15.9 Å². The number of carbonyl (C=O) groups is 1. The van der Waals surface area contributed by atoms with Crippen LogP contribution in [0.4, 0.5) is 5.69 Å². The van der Waals surface area contributed by atoms with Gasteiger partial charge in [-0.3, -0.25) is 4.79 Å². The van der Waals surface area contributed by atoms with Gasteiger partial charge in [-0.05, 0) is 18.2 Å². The van der Waals surface area contributed by atoms with E-state index in [-0.39, 0.29) is 0 Å². The molecule has 2 rings (SSSR count). The molecule has 1 aromatic carbocycles. The molecular weight excluding hydrogens is 286 g/mol. The maximum absolute atomic E-state index is 11.3. The molecule has 1 aliphatic heterocycles. The number of nitrogens with two attached hydrogens (primary N) is 1. The molecule has 0 spiro atoms. The van der Waals surface area contributed by atoms with Gasteiger partial charge < -0.3 is 21.5 Å². The van der Waals surface area contributed by atoms with E-state index < -0.39 is 11.5 Å². The van der Waals surface area contributed by atoms with Crippen molar-refractivity contribution in [3.8, 4) is 0 Å². The minimum absolute atomic E-state index is 0.391. The Hall–Kier alpha value is -1.11. The normalized spacial score (nSPS) is 17.3. The smallest absolute Gasteiger partial charge is 0.250 e. The van der Waals surface area contributed by atoms with Crippen LogP contribution in [0.15, 0.2) is 22.7 Å². The molecule has 0 atom stereocenters. The van der Waals surface area contributed by atoms with Crippen LogP contribution in [0.25, 0.3) is 0 Å². The number of β-amino-alcohol motifs (C(OH)–C–C–N with tert-alkyl or cyclic N) is 1. The number of halogens is 1. The highest BCUT2D eigenvalue weighted by molar-refractivity contribution is 9.10. The van der Waals surface area contributed by atoms with Crippen molar-refractivity contribution in [2.45, 2.75) is 5.60 Å². The predicted octanol–water partition coefficient (Wildman–Crippen LogP) is 0.294. The number of anilines is 1. The summed E-state index contributed by atoms with van der Waals surface area (Å²) in [5.41, 5.74) is 5.61. The van der Waals surface area contributed by atoms with Gasteiger partial charge in [0, 0.05) is 29.8 Å². The average molecular weight is 300 g/mol. The summed E-state index contributed by atoms with van der Waals surface area (Å²) in [5.74, 6) is -0.493. The predicted molar refractivity (Wildman–Crippen MR) is 69.0 cm³/mol. The fraction of sp³-hybridized carbons (Fsp3) is 0.364. The van der Waals surface area contributed by atoms with Crippen LogP contribution in [-0.4, -0.2) is 36.2 Å². The van der Waals surface area contributed by atoms with E-state index in [9.17, 15) is 9.90 Å². The lowest BCUT2D eigenvalue weighted by Crippen LogP contribution is -2.63. The summed E-state index contributed by atoms with van der Waals surface area (Å²) in [4.78, 5) is 11.3. The molecule has 0 unspecified atom stereocenters. The van der Waals surface area contributed by atoms with E-state index in [0.717, 1.165) is 4.47 Å². The summed E-state index contributed by atoms with van der Waals surface area (Å²) in [5, 5.41) is 16.0. The Balaban J connectivity index is 2.12. The van der Waals surface area contributed by atoms with E-state index in [1.54, 1.807) is 12.1 Å². The second-order valence-corrected chi connectivity index (χ2v) is 5.15. The third kappa shape index (κ3) is 2.77. The zero-order valence-corrected chi connectivity index (χ0v) is 10.8. The van der Waals surface area contributed by atoms with E-state index in [1.165, 1.54) is 0 Å². The van der Waals surface area contributed by atoms with E-state index >= 15 is 0 Å². The minimum Gasteiger partial charge on any atom is -0.385 e. The first kappa shape index (κ1) is 12.3. The first-order valence-corrected chi connectivity index (χ1v) is 6.06.